The van der Waals surface area contributed by atoms with Gasteiger partial charge in [0.15, 0.2) is 6.61 Å². The van der Waals surface area contributed by atoms with Gasteiger partial charge in [0.2, 0.25) is 0 Å². The Labute approximate surface area is 141 Å². The van der Waals surface area contributed by atoms with Gasteiger partial charge in [0, 0.05) is 12.1 Å². The number of methoxy groups -OCH3 is 2. The van der Waals surface area contributed by atoms with Crippen LogP contribution in [0.25, 0.3) is 0 Å². The number of carbonyl (C=O) groups is 1. The Morgan fingerprint density at radius 2 is 1.71 bits per heavy atom. The molecule has 0 aromatic heterocycles. The van der Waals surface area contributed by atoms with Gasteiger partial charge < -0.3 is 24.3 Å². The zero-order chi connectivity index (χ0) is 17.4. The van der Waals surface area contributed by atoms with E-state index in [0.717, 1.165) is 0 Å². The van der Waals surface area contributed by atoms with Crippen molar-refractivity contribution in [2.45, 2.75) is 6.92 Å². The van der Waals surface area contributed by atoms with E-state index in [4.69, 9.17) is 18.9 Å². The van der Waals surface area contributed by atoms with E-state index in [0.29, 0.717) is 35.3 Å². The fraction of sp³-hybridized carbons (Fsp3) is 0.278. The van der Waals surface area contributed by atoms with Crippen LogP contribution < -0.4 is 24.3 Å². The average Bonchev–Trinajstić information content (AvgIpc) is 2.60. The summed E-state index contributed by atoms with van der Waals surface area (Å²) in [7, 11) is 3.09. The number of amides is 1. The summed E-state index contributed by atoms with van der Waals surface area (Å²) >= 11 is 0. The molecule has 1 N–H and O–H groups in total. The van der Waals surface area contributed by atoms with Crippen LogP contribution in [-0.4, -0.2) is 33.3 Å². The molecule has 0 saturated heterocycles. The SMILES string of the molecule is CCOc1cccc(OCC(=O)Nc2cc(OC)ccc2OC)c1. The molecule has 0 aliphatic rings. The molecule has 0 radical (unpaired) electrons. The van der Waals surface area contributed by atoms with Gasteiger partial charge in [-0.05, 0) is 31.2 Å². The molecule has 24 heavy (non-hydrogen) atoms. The van der Waals surface area contributed by atoms with E-state index in [2.05, 4.69) is 5.32 Å². The van der Waals surface area contributed by atoms with Crippen LogP contribution in [0.2, 0.25) is 0 Å². The maximum absolute atomic E-state index is 12.1. The number of hydrogen-bond donors (Lipinski definition) is 1. The van der Waals surface area contributed by atoms with E-state index in [9.17, 15) is 4.79 Å². The molecule has 2 aromatic rings. The van der Waals surface area contributed by atoms with E-state index in [-0.39, 0.29) is 12.5 Å². The maximum atomic E-state index is 12.1. The Balaban J connectivity index is 1.97. The zero-order valence-corrected chi connectivity index (χ0v) is 14.0. The van der Waals surface area contributed by atoms with Crippen LogP contribution in [0.3, 0.4) is 0 Å². The molecule has 0 saturated carbocycles. The van der Waals surface area contributed by atoms with Crippen molar-refractivity contribution in [2.75, 3.05) is 32.8 Å². The number of anilines is 1. The lowest BCUT2D eigenvalue weighted by Gasteiger charge is -2.12. The summed E-state index contributed by atoms with van der Waals surface area (Å²) in [5.41, 5.74) is 0.522. The van der Waals surface area contributed by atoms with Gasteiger partial charge >= 0.3 is 0 Å². The Morgan fingerprint density at radius 1 is 0.958 bits per heavy atom. The first kappa shape index (κ1) is 17.5. The number of rotatable bonds is 8. The van der Waals surface area contributed by atoms with Crippen LogP contribution >= 0.6 is 0 Å². The van der Waals surface area contributed by atoms with Crippen molar-refractivity contribution in [3.05, 3.63) is 42.5 Å². The molecule has 0 fully saturated rings. The molecule has 6 heteroatoms. The third-order valence-corrected chi connectivity index (χ3v) is 3.17. The van der Waals surface area contributed by atoms with Gasteiger partial charge in [0.1, 0.15) is 23.0 Å². The van der Waals surface area contributed by atoms with Crippen molar-refractivity contribution in [3.8, 4) is 23.0 Å². The average molecular weight is 331 g/mol. The summed E-state index contributed by atoms with van der Waals surface area (Å²) in [4.78, 5) is 12.1. The van der Waals surface area contributed by atoms with Crippen molar-refractivity contribution in [2.24, 2.45) is 0 Å². The second-order valence-corrected chi connectivity index (χ2v) is 4.81. The summed E-state index contributed by atoms with van der Waals surface area (Å²) < 4.78 is 21.3. The van der Waals surface area contributed by atoms with E-state index in [1.165, 1.54) is 7.11 Å². The Kier molecular flexibility index (Phi) is 6.31. The standard InChI is InChI=1S/C18H21NO5/c1-4-23-14-6-5-7-15(10-14)24-12-18(20)19-16-11-13(21-2)8-9-17(16)22-3/h5-11H,4,12H2,1-3H3,(H,19,20). The lowest BCUT2D eigenvalue weighted by Crippen LogP contribution is -2.20. The van der Waals surface area contributed by atoms with Gasteiger partial charge in [0.05, 0.1) is 26.5 Å². The highest BCUT2D eigenvalue weighted by Gasteiger charge is 2.10. The minimum absolute atomic E-state index is 0.129. The second kappa shape index (κ2) is 8.67. The topological polar surface area (TPSA) is 66.0 Å². The Hall–Kier alpha value is -2.89. The minimum Gasteiger partial charge on any atom is -0.497 e. The van der Waals surface area contributed by atoms with Crippen molar-refractivity contribution >= 4 is 11.6 Å². The number of benzene rings is 2. The molecule has 2 aromatic carbocycles. The molecular weight excluding hydrogens is 310 g/mol. The van der Waals surface area contributed by atoms with Crippen LogP contribution in [0.4, 0.5) is 5.69 Å². The van der Waals surface area contributed by atoms with Gasteiger partial charge in [-0.15, -0.1) is 0 Å². The highest BCUT2D eigenvalue weighted by atomic mass is 16.5. The third kappa shape index (κ3) is 4.81. The highest BCUT2D eigenvalue weighted by molar-refractivity contribution is 5.93. The molecule has 0 bridgehead atoms. The molecule has 128 valence electrons. The predicted octanol–water partition coefficient (Wildman–Crippen LogP) is 3.12. The maximum Gasteiger partial charge on any atom is 0.262 e. The number of nitrogens with one attached hydrogen (secondary N) is 1. The monoisotopic (exact) mass is 331 g/mol. The number of hydrogen-bond acceptors (Lipinski definition) is 5. The molecule has 2 rings (SSSR count). The van der Waals surface area contributed by atoms with E-state index in [1.807, 2.05) is 19.1 Å². The molecular formula is C18H21NO5. The van der Waals surface area contributed by atoms with Crippen LogP contribution in [0.5, 0.6) is 23.0 Å². The fourth-order valence-electron chi connectivity index (χ4n) is 2.07. The third-order valence-electron chi connectivity index (χ3n) is 3.17. The molecule has 0 aliphatic heterocycles. The van der Waals surface area contributed by atoms with Crippen LogP contribution in [0, 0.1) is 0 Å². The molecule has 0 atom stereocenters. The molecule has 0 spiro atoms. The first-order valence-electron chi connectivity index (χ1n) is 7.53. The zero-order valence-electron chi connectivity index (χ0n) is 14.0. The summed E-state index contributed by atoms with van der Waals surface area (Å²) in [5, 5.41) is 2.75. The summed E-state index contributed by atoms with van der Waals surface area (Å²) in [6, 6.07) is 12.3. The quantitative estimate of drug-likeness (QED) is 0.805. The summed E-state index contributed by atoms with van der Waals surface area (Å²) in [6.45, 7) is 2.35. The first-order chi connectivity index (χ1) is 11.7. The summed E-state index contributed by atoms with van der Waals surface area (Å²) in [6.07, 6.45) is 0. The van der Waals surface area contributed by atoms with Crippen molar-refractivity contribution in [3.63, 3.8) is 0 Å². The molecule has 0 unspecified atom stereocenters. The van der Waals surface area contributed by atoms with Crippen molar-refractivity contribution in [1.82, 2.24) is 0 Å². The molecule has 0 heterocycles. The van der Waals surface area contributed by atoms with Crippen molar-refractivity contribution < 1.29 is 23.7 Å². The van der Waals surface area contributed by atoms with Crippen molar-refractivity contribution in [1.29, 1.82) is 0 Å². The van der Waals surface area contributed by atoms with Gasteiger partial charge in [-0.25, -0.2) is 0 Å². The summed E-state index contributed by atoms with van der Waals surface area (Å²) in [5.74, 6) is 2.13. The van der Waals surface area contributed by atoms with Crippen LogP contribution in [0.1, 0.15) is 6.92 Å². The van der Waals surface area contributed by atoms with E-state index < -0.39 is 0 Å². The minimum atomic E-state index is -0.302. The smallest absolute Gasteiger partial charge is 0.262 e. The van der Waals surface area contributed by atoms with Gasteiger partial charge in [0.25, 0.3) is 5.91 Å². The normalized spacial score (nSPS) is 9.96. The Morgan fingerprint density at radius 3 is 2.38 bits per heavy atom. The van der Waals surface area contributed by atoms with Crippen LogP contribution in [-0.2, 0) is 4.79 Å². The lowest BCUT2D eigenvalue weighted by atomic mass is 10.2. The second-order valence-electron chi connectivity index (χ2n) is 4.81. The van der Waals surface area contributed by atoms with Gasteiger partial charge in [-0.1, -0.05) is 6.07 Å². The molecule has 0 aliphatic carbocycles. The van der Waals surface area contributed by atoms with Gasteiger partial charge in [-0.2, -0.15) is 0 Å². The number of ether oxygens (including phenoxy) is 4. The van der Waals surface area contributed by atoms with E-state index in [1.54, 1.807) is 37.4 Å². The first-order valence-corrected chi connectivity index (χ1v) is 7.53. The highest BCUT2D eigenvalue weighted by Crippen LogP contribution is 2.28. The Bertz CT molecular complexity index is 687. The number of carbonyl (C=O) groups excluding carboxylic acids is 1. The van der Waals surface area contributed by atoms with Gasteiger partial charge in [-0.3, -0.25) is 4.79 Å². The van der Waals surface area contributed by atoms with Crippen LogP contribution in [0.15, 0.2) is 42.5 Å². The fourth-order valence-corrected chi connectivity index (χ4v) is 2.07. The molecule has 1 amide bonds. The lowest BCUT2D eigenvalue weighted by molar-refractivity contribution is -0.118. The van der Waals surface area contributed by atoms with E-state index >= 15 is 0 Å². The predicted molar refractivity (Wildman–Crippen MR) is 91.3 cm³/mol. The largest absolute Gasteiger partial charge is 0.497 e. The molecule has 6 nitrogen and oxygen atoms in total.